The van der Waals surface area contributed by atoms with E-state index in [4.69, 9.17) is 5.14 Å². The van der Waals surface area contributed by atoms with Crippen molar-refractivity contribution in [3.05, 3.63) is 29.8 Å². The number of nitrogens with two attached hydrogens (primary N) is 1. The van der Waals surface area contributed by atoms with E-state index in [2.05, 4.69) is 10.6 Å². The Morgan fingerprint density at radius 3 is 2.65 bits per heavy atom. The summed E-state index contributed by atoms with van der Waals surface area (Å²) < 4.78 is 22.4. The smallest absolute Gasteiger partial charge is 0.238 e. The van der Waals surface area contributed by atoms with Crippen LogP contribution < -0.4 is 15.8 Å². The Labute approximate surface area is 119 Å². The highest BCUT2D eigenvalue weighted by Gasteiger charge is 2.08. The SMILES string of the molecule is CC(C)NCCC(=O)NCc1cccc(S(N)(=O)=O)c1. The van der Waals surface area contributed by atoms with Crippen molar-refractivity contribution in [1.82, 2.24) is 10.6 Å². The van der Waals surface area contributed by atoms with E-state index in [1.54, 1.807) is 12.1 Å². The van der Waals surface area contributed by atoms with Crippen molar-refractivity contribution in [3.63, 3.8) is 0 Å². The van der Waals surface area contributed by atoms with Crippen molar-refractivity contribution in [2.24, 2.45) is 5.14 Å². The Balaban J connectivity index is 2.48. The van der Waals surface area contributed by atoms with Crippen LogP contribution >= 0.6 is 0 Å². The second-order valence-electron chi connectivity index (χ2n) is 4.83. The normalized spacial score (nSPS) is 11.6. The van der Waals surface area contributed by atoms with E-state index >= 15 is 0 Å². The third-order valence-electron chi connectivity index (χ3n) is 2.62. The van der Waals surface area contributed by atoms with Gasteiger partial charge in [0.15, 0.2) is 0 Å². The van der Waals surface area contributed by atoms with Crippen LogP contribution in [0.5, 0.6) is 0 Å². The standard InChI is InChI=1S/C13H21N3O3S/c1-10(2)15-7-6-13(17)16-9-11-4-3-5-12(8-11)20(14,18)19/h3-5,8,10,15H,6-7,9H2,1-2H3,(H,16,17)(H2,14,18,19). The minimum Gasteiger partial charge on any atom is -0.352 e. The van der Waals surface area contributed by atoms with E-state index in [0.717, 1.165) is 0 Å². The first-order chi connectivity index (χ1) is 9.29. The molecule has 1 aromatic rings. The van der Waals surface area contributed by atoms with E-state index in [-0.39, 0.29) is 17.3 Å². The largest absolute Gasteiger partial charge is 0.352 e. The van der Waals surface area contributed by atoms with E-state index in [0.29, 0.717) is 24.6 Å². The molecule has 0 aliphatic rings. The Hall–Kier alpha value is -1.44. The summed E-state index contributed by atoms with van der Waals surface area (Å²) in [5.41, 5.74) is 0.696. The molecule has 0 bridgehead atoms. The van der Waals surface area contributed by atoms with Gasteiger partial charge in [0.2, 0.25) is 15.9 Å². The van der Waals surface area contributed by atoms with Crippen LogP contribution in [0.4, 0.5) is 0 Å². The molecule has 1 aromatic carbocycles. The molecule has 7 heteroatoms. The third kappa shape index (κ3) is 6.14. The maximum absolute atomic E-state index is 11.6. The molecular weight excluding hydrogens is 278 g/mol. The summed E-state index contributed by atoms with van der Waals surface area (Å²) in [6.45, 7) is 4.91. The maximum Gasteiger partial charge on any atom is 0.238 e. The van der Waals surface area contributed by atoms with Crippen LogP contribution in [0.3, 0.4) is 0 Å². The summed E-state index contributed by atoms with van der Waals surface area (Å²) in [4.78, 5) is 11.6. The van der Waals surface area contributed by atoms with E-state index in [1.807, 2.05) is 13.8 Å². The summed E-state index contributed by atoms with van der Waals surface area (Å²) in [7, 11) is -3.71. The lowest BCUT2D eigenvalue weighted by Crippen LogP contribution is -2.30. The first-order valence-corrected chi connectivity index (χ1v) is 7.95. The van der Waals surface area contributed by atoms with Crippen LogP contribution in [0.1, 0.15) is 25.8 Å². The number of nitrogens with one attached hydrogen (secondary N) is 2. The Kier molecular flexibility index (Phi) is 6.12. The predicted octanol–water partition coefficient (Wildman–Crippen LogP) is 0.338. The molecule has 0 fully saturated rings. The third-order valence-corrected chi connectivity index (χ3v) is 3.53. The molecule has 0 saturated carbocycles. The fourth-order valence-electron chi connectivity index (χ4n) is 1.60. The number of amides is 1. The number of carbonyl (C=O) groups is 1. The quantitative estimate of drug-likeness (QED) is 0.675. The monoisotopic (exact) mass is 299 g/mol. The summed E-state index contributed by atoms with van der Waals surface area (Å²) >= 11 is 0. The van der Waals surface area contributed by atoms with Gasteiger partial charge in [-0.3, -0.25) is 4.79 Å². The molecule has 1 rings (SSSR count). The van der Waals surface area contributed by atoms with Crippen molar-refractivity contribution in [2.45, 2.75) is 37.8 Å². The Morgan fingerprint density at radius 1 is 1.35 bits per heavy atom. The average molecular weight is 299 g/mol. The molecule has 4 N–H and O–H groups in total. The number of sulfonamides is 1. The minimum atomic E-state index is -3.71. The molecule has 0 atom stereocenters. The van der Waals surface area contributed by atoms with Crippen LogP contribution in [0, 0.1) is 0 Å². The molecule has 112 valence electrons. The number of primary sulfonamides is 1. The van der Waals surface area contributed by atoms with Gasteiger partial charge < -0.3 is 10.6 Å². The van der Waals surface area contributed by atoms with Crippen LogP contribution in [-0.4, -0.2) is 26.9 Å². The van der Waals surface area contributed by atoms with E-state index in [9.17, 15) is 13.2 Å². The first kappa shape index (κ1) is 16.6. The Morgan fingerprint density at radius 2 is 2.05 bits per heavy atom. The summed E-state index contributed by atoms with van der Waals surface area (Å²) in [5, 5.41) is 10.9. The van der Waals surface area contributed by atoms with Gasteiger partial charge in [0.25, 0.3) is 0 Å². The Bertz CT molecular complexity index is 556. The minimum absolute atomic E-state index is 0.0470. The number of hydrogen-bond donors (Lipinski definition) is 3. The van der Waals surface area contributed by atoms with Gasteiger partial charge in [-0.05, 0) is 17.7 Å². The lowest BCUT2D eigenvalue weighted by Gasteiger charge is -2.09. The fraction of sp³-hybridized carbons (Fsp3) is 0.462. The maximum atomic E-state index is 11.6. The molecule has 0 saturated heterocycles. The number of carbonyl (C=O) groups excluding carboxylic acids is 1. The zero-order chi connectivity index (χ0) is 15.2. The molecule has 0 aromatic heterocycles. The summed E-state index contributed by atoms with van der Waals surface area (Å²) in [6.07, 6.45) is 0.382. The van der Waals surface area contributed by atoms with E-state index in [1.165, 1.54) is 12.1 Å². The molecular formula is C13H21N3O3S. The fourth-order valence-corrected chi connectivity index (χ4v) is 2.18. The average Bonchev–Trinajstić information content (AvgIpc) is 2.35. The van der Waals surface area contributed by atoms with Gasteiger partial charge in [0.05, 0.1) is 4.90 Å². The second-order valence-corrected chi connectivity index (χ2v) is 6.39. The molecule has 20 heavy (non-hydrogen) atoms. The molecule has 0 heterocycles. The number of benzene rings is 1. The zero-order valence-corrected chi connectivity index (χ0v) is 12.5. The van der Waals surface area contributed by atoms with Crippen molar-refractivity contribution in [3.8, 4) is 0 Å². The number of rotatable bonds is 7. The molecule has 0 radical (unpaired) electrons. The van der Waals surface area contributed by atoms with Gasteiger partial charge in [-0.25, -0.2) is 13.6 Å². The van der Waals surface area contributed by atoms with Crippen molar-refractivity contribution < 1.29 is 13.2 Å². The van der Waals surface area contributed by atoms with Crippen LogP contribution in [0.25, 0.3) is 0 Å². The van der Waals surface area contributed by atoms with Gasteiger partial charge in [0, 0.05) is 25.6 Å². The second kappa shape index (κ2) is 7.37. The molecule has 6 nitrogen and oxygen atoms in total. The molecule has 0 aliphatic heterocycles. The lowest BCUT2D eigenvalue weighted by molar-refractivity contribution is -0.121. The van der Waals surface area contributed by atoms with Gasteiger partial charge in [0.1, 0.15) is 0 Å². The number of hydrogen-bond acceptors (Lipinski definition) is 4. The highest BCUT2D eigenvalue weighted by atomic mass is 32.2. The highest BCUT2D eigenvalue weighted by molar-refractivity contribution is 7.89. The molecule has 0 unspecified atom stereocenters. The van der Waals surface area contributed by atoms with Gasteiger partial charge in [-0.2, -0.15) is 0 Å². The van der Waals surface area contributed by atoms with Crippen molar-refractivity contribution in [2.75, 3.05) is 6.54 Å². The molecule has 0 aliphatic carbocycles. The van der Waals surface area contributed by atoms with Gasteiger partial charge >= 0.3 is 0 Å². The summed E-state index contributed by atoms with van der Waals surface area (Å²) in [5.74, 6) is -0.0841. The van der Waals surface area contributed by atoms with Crippen molar-refractivity contribution >= 4 is 15.9 Å². The highest BCUT2D eigenvalue weighted by Crippen LogP contribution is 2.09. The topological polar surface area (TPSA) is 101 Å². The van der Waals surface area contributed by atoms with Crippen LogP contribution in [-0.2, 0) is 21.4 Å². The van der Waals surface area contributed by atoms with Gasteiger partial charge in [-0.15, -0.1) is 0 Å². The zero-order valence-electron chi connectivity index (χ0n) is 11.7. The van der Waals surface area contributed by atoms with E-state index < -0.39 is 10.0 Å². The molecule has 0 spiro atoms. The van der Waals surface area contributed by atoms with Gasteiger partial charge in [-0.1, -0.05) is 26.0 Å². The first-order valence-electron chi connectivity index (χ1n) is 6.41. The lowest BCUT2D eigenvalue weighted by atomic mass is 10.2. The van der Waals surface area contributed by atoms with Crippen molar-refractivity contribution in [1.29, 1.82) is 0 Å². The summed E-state index contributed by atoms with van der Waals surface area (Å²) in [6, 6.07) is 6.56. The van der Waals surface area contributed by atoms with Crippen LogP contribution in [0.15, 0.2) is 29.2 Å². The van der Waals surface area contributed by atoms with Crippen LogP contribution in [0.2, 0.25) is 0 Å². The molecule has 1 amide bonds. The predicted molar refractivity (Wildman–Crippen MR) is 77.4 cm³/mol.